The molecule has 6 heteroatoms. The van der Waals surface area contributed by atoms with Crippen molar-refractivity contribution >= 4 is 33.6 Å². The van der Waals surface area contributed by atoms with Crippen molar-refractivity contribution in [2.75, 3.05) is 12.1 Å². The number of carbonyl (C=O) groups excluding carboxylic acids is 1. The Morgan fingerprint density at radius 2 is 2.04 bits per heavy atom. The van der Waals surface area contributed by atoms with Crippen molar-refractivity contribution in [3.05, 3.63) is 58.1 Å². The summed E-state index contributed by atoms with van der Waals surface area (Å²) in [6.45, 7) is 0.178. The molecule has 0 bridgehead atoms. The molecule has 0 radical (unpaired) electrons. The monoisotopic (exact) mass is 370 g/mol. The Labute approximate surface area is 141 Å². The number of halogens is 1. The Kier molecular flexibility index (Phi) is 4.31. The first-order valence-corrected chi connectivity index (χ1v) is 7.53. The van der Waals surface area contributed by atoms with Crippen LogP contribution in [-0.4, -0.2) is 12.7 Å². The van der Waals surface area contributed by atoms with E-state index in [4.69, 9.17) is 9.47 Å². The highest BCUT2D eigenvalue weighted by Crippen LogP contribution is 2.33. The molecule has 0 saturated carbocycles. The molecule has 0 saturated heterocycles. The molecule has 1 amide bonds. The van der Waals surface area contributed by atoms with Gasteiger partial charge in [-0.15, -0.1) is 0 Å². The SMILES string of the molecule is N#CC(=Cc1ccc2c(c1)OCO2)C(=O)Nc1cccc(Br)c1. The van der Waals surface area contributed by atoms with E-state index in [9.17, 15) is 10.1 Å². The minimum Gasteiger partial charge on any atom is -0.454 e. The van der Waals surface area contributed by atoms with E-state index >= 15 is 0 Å². The maximum absolute atomic E-state index is 12.2. The Hall–Kier alpha value is -2.78. The average Bonchev–Trinajstić information content (AvgIpc) is 3.00. The molecule has 0 aromatic heterocycles. The molecule has 3 rings (SSSR count). The lowest BCUT2D eigenvalue weighted by Crippen LogP contribution is -2.13. The van der Waals surface area contributed by atoms with Gasteiger partial charge in [0.25, 0.3) is 5.91 Å². The molecule has 1 aliphatic heterocycles. The number of benzene rings is 2. The predicted molar refractivity (Wildman–Crippen MR) is 88.9 cm³/mol. The largest absolute Gasteiger partial charge is 0.454 e. The first-order valence-electron chi connectivity index (χ1n) is 6.74. The number of hydrogen-bond acceptors (Lipinski definition) is 4. The Bertz CT molecular complexity index is 840. The van der Waals surface area contributed by atoms with Gasteiger partial charge in [-0.25, -0.2) is 0 Å². The summed E-state index contributed by atoms with van der Waals surface area (Å²) in [5.74, 6) is 0.783. The minimum absolute atomic E-state index is 0.00356. The summed E-state index contributed by atoms with van der Waals surface area (Å²) in [7, 11) is 0. The zero-order chi connectivity index (χ0) is 16.2. The number of nitrogens with zero attached hydrogens (tertiary/aromatic N) is 1. The highest BCUT2D eigenvalue weighted by molar-refractivity contribution is 9.10. The molecule has 5 nitrogen and oxygen atoms in total. The summed E-state index contributed by atoms with van der Waals surface area (Å²) in [4.78, 5) is 12.2. The molecule has 0 aliphatic carbocycles. The van der Waals surface area contributed by atoms with E-state index < -0.39 is 5.91 Å². The number of rotatable bonds is 3. The average molecular weight is 371 g/mol. The number of carbonyl (C=O) groups is 1. The van der Waals surface area contributed by atoms with E-state index in [-0.39, 0.29) is 12.4 Å². The number of amides is 1. The van der Waals surface area contributed by atoms with Gasteiger partial charge in [-0.1, -0.05) is 28.1 Å². The molecule has 0 fully saturated rings. The smallest absolute Gasteiger partial charge is 0.266 e. The van der Waals surface area contributed by atoms with Crippen LogP contribution in [0.5, 0.6) is 11.5 Å². The number of hydrogen-bond donors (Lipinski definition) is 1. The highest BCUT2D eigenvalue weighted by Gasteiger charge is 2.14. The number of anilines is 1. The predicted octanol–water partition coefficient (Wildman–Crippen LogP) is 3.72. The summed E-state index contributed by atoms with van der Waals surface area (Å²) in [5, 5.41) is 11.9. The molecule has 1 aliphatic rings. The van der Waals surface area contributed by atoms with Crippen LogP contribution in [0.1, 0.15) is 5.56 Å². The second kappa shape index (κ2) is 6.55. The number of ether oxygens (including phenoxy) is 2. The van der Waals surface area contributed by atoms with Crippen LogP contribution in [-0.2, 0) is 4.79 Å². The third kappa shape index (κ3) is 3.52. The van der Waals surface area contributed by atoms with E-state index in [1.54, 1.807) is 36.4 Å². The number of nitrogens with one attached hydrogen (secondary N) is 1. The second-order valence-corrected chi connectivity index (χ2v) is 5.66. The van der Waals surface area contributed by atoms with Crippen molar-refractivity contribution < 1.29 is 14.3 Å². The topological polar surface area (TPSA) is 71.3 Å². The van der Waals surface area contributed by atoms with Gasteiger partial charge in [0.05, 0.1) is 0 Å². The van der Waals surface area contributed by atoms with Crippen LogP contribution in [0.2, 0.25) is 0 Å². The zero-order valence-electron chi connectivity index (χ0n) is 11.9. The molecule has 2 aromatic carbocycles. The lowest BCUT2D eigenvalue weighted by molar-refractivity contribution is -0.112. The van der Waals surface area contributed by atoms with Gasteiger partial charge in [0.15, 0.2) is 11.5 Å². The van der Waals surface area contributed by atoms with Crippen LogP contribution < -0.4 is 14.8 Å². The van der Waals surface area contributed by atoms with Gasteiger partial charge in [-0.2, -0.15) is 5.26 Å². The summed E-state index contributed by atoms with van der Waals surface area (Å²) < 4.78 is 11.4. The molecular weight excluding hydrogens is 360 g/mol. The van der Waals surface area contributed by atoms with Crippen LogP contribution >= 0.6 is 15.9 Å². The Balaban J connectivity index is 1.81. The summed E-state index contributed by atoms with van der Waals surface area (Å²) in [6.07, 6.45) is 1.51. The van der Waals surface area contributed by atoms with Crippen LogP contribution in [0.4, 0.5) is 5.69 Å². The molecule has 0 unspecified atom stereocenters. The second-order valence-electron chi connectivity index (χ2n) is 4.75. The van der Waals surface area contributed by atoms with Gasteiger partial charge >= 0.3 is 0 Å². The van der Waals surface area contributed by atoms with Gasteiger partial charge in [0, 0.05) is 10.2 Å². The van der Waals surface area contributed by atoms with Gasteiger partial charge in [0.1, 0.15) is 11.6 Å². The van der Waals surface area contributed by atoms with Crippen molar-refractivity contribution in [1.29, 1.82) is 5.26 Å². The van der Waals surface area contributed by atoms with Crippen LogP contribution in [0.25, 0.3) is 6.08 Å². The number of nitriles is 1. The third-order valence-electron chi connectivity index (χ3n) is 3.16. The van der Waals surface area contributed by atoms with Crippen molar-refractivity contribution in [3.63, 3.8) is 0 Å². The maximum Gasteiger partial charge on any atom is 0.266 e. The lowest BCUT2D eigenvalue weighted by Gasteiger charge is -2.05. The molecular formula is C17H11BrN2O3. The van der Waals surface area contributed by atoms with E-state index in [1.165, 1.54) is 6.08 Å². The van der Waals surface area contributed by atoms with Crippen molar-refractivity contribution in [3.8, 4) is 17.6 Å². The summed E-state index contributed by atoms with van der Waals surface area (Å²) in [6, 6.07) is 14.3. The van der Waals surface area contributed by atoms with Crippen molar-refractivity contribution in [2.45, 2.75) is 0 Å². The van der Waals surface area contributed by atoms with Gasteiger partial charge < -0.3 is 14.8 Å². The number of fused-ring (bicyclic) bond motifs is 1. The highest BCUT2D eigenvalue weighted by atomic mass is 79.9. The van der Waals surface area contributed by atoms with E-state index in [2.05, 4.69) is 21.2 Å². The maximum atomic E-state index is 12.2. The Morgan fingerprint density at radius 3 is 2.83 bits per heavy atom. The fraction of sp³-hybridized carbons (Fsp3) is 0.0588. The van der Waals surface area contributed by atoms with Gasteiger partial charge in [0.2, 0.25) is 6.79 Å². The van der Waals surface area contributed by atoms with Crippen molar-refractivity contribution in [1.82, 2.24) is 0 Å². The molecule has 0 atom stereocenters. The Morgan fingerprint density at radius 1 is 1.22 bits per heavy atom. The summed E-state index contributed by atoms with van der Waals surface area (Å²) >= 11 is 3.33. The first kappa shape index (κ1) is 15.1. The fourth-order valence-electron chi connectivity index (χ4n) is 2.08. The zero-order valence-corrected chi connectivity index (χ0v) is 13.5. The van der Waals surface area contributed by atoms with Gasteiger partial charge in [-0.05, 0) is 42.0 Å². The molecule has 1 heterocycles. The molecule has 0 spiro atoms. The molecule has 1 N–H and O–H groups in total. The standard InChI is InChI=1S/C17H11BrN2O3/c18-13-2-1-3-14(8-13)20-17(21)12(9-19)6-11-4-5-15-16(7-11)23-10-22-15/h1-8H,10H2,(H,20,21). The first-order chi connectivity index (χ1) is 11.2. The molecule has 114 valence electrons. The molecule has 23 heavy (non-hydrogen) atoms. The van der Waals surface area contributed by atoms with E-state index in [0.717, 1.165) is 4.47 Å². The minimum atomic E-state index is -0.469. The lowest BCUT2D eigenvalue weighted by atomic mass is 10.1. The quantitative estimate of drug-likeness (QED) is 0.659. The molecule has 2 aromatic rings. The van der Waals surface area contributed by atoms with Crippen LogP contribution in [0.15, 0.2) is 52.5 Å². The normalized spacial score (nSPS) is 12.6. The van der Waals surface area contributed by atoms with Crippen molar-refractivity contribution in [2.24, 2.45) is 0 Å². The van der Waals surface area contributed by atoms with Crippen LogP contribution in [0, 0.1) is 11.3 Å². The van der Waals surface area contributed by atoms with E-state index in [0.29, 0.717) is 22.7 Å². The third-order valence-corrected chi connectivity index (χ3v) is 3.65. The summed E-state index contributed by atoms with van der Waals surface area (Å²) in [5.41, 5.74) is 1.30. The fourth-order valence-corrected chi connectivity index (χ4v) is 2.48. The van der Waals surface area contributed by atoms with E-state index in [1.807, 2.05) is 12.1 Å². The van der Waals surface area contributed by atoms with Crippen LogP contribution in [0.3, 0.4) is 0 Å². The van der Waals surface area contributed by atoms with Gasteiger partial charge in [-0.3, -0.25) is 4.79 Å².